The molecule has 16 heavy (non-hydrogen) atoms. The maximum Gasteiger partial charge on any atom is 0.0398 e. The van der Waals surface area contributed by atoms with Gasteiger partial charge in [-0.2, -0.15) is 0 Å². The van der Waals surface area contributed by atoms with Crippen LogP contribution in [0.15, 0.2) is 24.3 Å². The van der Waals surface area contributed by atoms with Crippen LogP contribution in [0.5, 0.6) is 0 Å². The second-order valence-electron chi connectivity index (χ2n) is 4.23. The van der Waals surface area contributed by atoms with E-state index in [1.807, 2.05) is 0 Å². The lowest BCUT2D eigenvalue weighted by molar-refractivity contribution is 0.580. The van der Waals surface area contributed by atoms with Gasteiger partial charge in [0.15, 0.2) is 0 Å². The maximum absolute atomic E-state index is 3.41. The average Bonchev–Trinajstić information content (AvgIpc) is 2.30. The van der Waals surface area contributed by atoms with Crippen molar-refractivity contribution in [2.24, 2.45) is 0 Å². The molecule has 0 saturated heterocycles. The minimum atomic E-state index is 0.533. The summed E-state index contributed by atoms with van der Waals surface area (Å²) in [4.78, 5) is 2.46. The molecule has 2 heteroatoms. The minimum Gasteiger partial charge on any atom is -0.368 e. The van der Waals surface area contributed by atoms with Gasteiger partial charge in [0.1, 0.15) is 0 Å². The molecule has 0 saturated carbocycles. The molecule has 0 aliphatic rings. The van der Waals surface area contributed by atoms with E-state index in [2.05, 4.69) is 62.2 Å². The predicted molar refractivity (Wildman–Crippen MR) is 72.2 cm³/mol. The summed E-state index contributed by atoms with van der Waals surface area (Å²) in [5, 5.41) is 3.41. The van der Waals surface area contributed by atoms with Crippen LogP contribution in [0.25, 0.3) is 0 Å². The predicted octanol–water partition coefficient (Wildman–Crippen LogP) is 2.82. The maximum atomic E-state index is 3.41. The first-order valence-electron chi connectivity index (χ1n) is 6.23. The molecule has 1 aromatic carbocycles. The molecular weight excluding hydrogens is 196 g/mol. The fraction of sp³-hybridized carbons (Fsp3) is 0.571. The SMILES string of the molecule is CCNCC(C)N(CC)c1ccccc1C. The molecule has 1 rings (SSSR count). The molecule has 0 fully saturated rings. The number of rotatable bonds is 6. The molecule has 0 heterocycles. The number of likely N-dealkylation sites (N-methyl/N-ethyl adjacent to an activating group) is 2. The Morgan fingerprint density at radius 1 is 1.25 bits per heavy atom. The Bertz CT molecular complexity index is 309. The van der Waals surface area contributed by atoms with Crippen molar-refractivity contribution in [2.45, 2.75) is 33.7 Å². The molecule has 0 bridgehead atoms. The number of benzene rings is 1. The quantitative estimate of drug-likeness (QED) is 0.793. The first-order chi connectivity index (χ1) is 7.70. The molecule has 1 unspecified atom stereocenters. The molecular formula is C14H24N2. The van der Waals surface area contributed by atoms with Crippen molar-refractivity contribution in [2.75, 3.05) is 24.5 Å². The molecule has 1 N–H and O–H groups in total. The summed E-state index contributed by atoms with van der Waals surface area (Å²) in [5.41, 5.74) is 2.71. The lowest BCUT2D eigenvalue weighted by Gasteiger charge is -2.31. The van der Waals surface area contributed by atoms with E-state index >= 15 is 0 Å². The molecule has 1 atom stereocenters. The summed E-state index contributed by atoms with van der Waals surface area (Å²) in [5.74, 6) is 0. The van der Waals surface area contributed by atoms with Gasteiger partial charge in [0.25, 0.3) is 0 Å². The lowest BCUT2D eigenvalue weighted by atomic mass is 10.1. The van der Waals surface area contributed by atoms with Crippen LogP contribution in [0.2, 0.25) is 0 Å². The van der Waals surface area contributed by atoms with Crippen molar-refractivity contribution < 1.29 is 0 Å². The van der Waals surface area contributed by atoms with Crippen LogP contribution in [-0.4, -0.2) is 25.7 Å². The van der Waals surface area contributed by atoms with Gasteiger partial charge in [-0.25, -0.2) is 0 Å². The average molecular weight is 220 g/mol. The zero-order valence-electron chi connectivity index (χ0n) is 11.0. The lowest BCUT2D eigenvalue weighted by Crippen LogP contribution is -2.40. The first kappa shape index (κ1) is 13.0. The fourth-order valence-corrected chi connectivity index (χ4v) is 2.07. The zero-order chi connectivity index (χ0) is 12.0. The molecule has 0 aromatic heterocycles. The van der Waals surface area contributed by atoms with Gasteiger partial charge < -0.3 is 10.2 Å². The van der Waals surface area contributed by atoms with Crippen molar-refractivity contribution in [1.29, 1.82) is 0 Å². The van der Waals surface area contributed by atoms with Gasteiger partial charge in [-0.1, -0.05) is 25.1 Å². The van der Waals surface area contributed by atoms with Crippen LogP contribution >= 0.6 is 0 Å². The van der Waals surface area contributed by atoms with Crippen molar-refractivity contribution in [3.05, 3.63) is 29.8 Å². The van der Waals surface area contributed by atoms with E-state index < -0.39 is 0 Å². The third kappa shape index (κ3) is 3.24. The summed E-state index contributed by atoms with van der Waals surface area (Å²) in [6, 6.07) is 9.14. The Kier molecular flexibility index (Phi) is 5.33. The van der Waals surface area contributed by atoms with Gasteiger partial charge in [0.2, 0.25) is 0 Å². The summed E-state index contributed by atoms with van der Waals surface area (Å²) >= 11 is 0. The van der Waals surface area contributed by atoms with Crippen LogP contribution in [-0.2, 0) is 0 Å². The summed E-state index contributed by atoms with van der Waals surface area (Å²) in [7, 11) is 0. The molecule has 0 aliphatic heterocycles. The highest BCUT2D eigenvalue weighted by Gasteiger charge is 2.13. The van der Waals surface area contributed by atoms with E-state index in [9.17, 15) is 0 Å². The molecule has 0 spiro atoms. The van der Waals surface area contributed by atoms with Gasteiger partial charge >= 0.3 is 0 Å². The second-order valence-corrected chi connectivity index (χ2v) is 4.23. The van der Waals surface area contributed by atoms with Gasteiger partial charge in [-0.3, -0.25) is 0 Å². The van der Waals surface area contributed by atoms with Crippen molar-refractivity contribution >= 4 is 5.69 Å². The standard InChI is InChI=1S/C14H24N2/c1-5-15-11-13(4)16(6-2)14-10-8-7-9-12(14)3/h7-10,13,15H,5-6,11H2,1-4H3. The van der Waals surface area contributed by atoms with E-state index in [1.54, 1.807) is 0 Å². The van der Waals surface area contributed by atoms with Crippen LogP contribution in [0.1, 0.15) is 26.3 Å². The molecule has 2 nitrogen and oxygen atoms in total. The van der Waals surface area contributed by atoms with Crippen molar-refractivity contribution in [1.82, 2.24) is 5.32 Å². The number of para-hydroxylation sites is 1. The first-order valence-corrected chi connectivity index (χ1v) is 6.23. The van der Waals surface area contributed by atoms with E-state index in [4.69, 9.17) is 0 Å². The number of nitrogens with zero attached hydrogens (tertiary/aromatic N) is 1. The molecule has 0 amide bonds. The van der Waals surface area contributed by atoms with Gasteiger partial charge in [0.05, 0.1) is 0 Å². The van der Waals surface area contributed by atoms with Crippen LogP contribution in [0, 0.1) is 6.92 Å². The van der Waals surface area contributed by atoms with Crippen LogP contribution in [0.3, 0.4) is 0 Å². The van der Waals surface area contributed by atoms with E-state index in [1.165, 1.54) is 11.3 Å². The highest BCUT2D eigenvalue weighted by Crippen LogP contribution is 2.21. The monoisotopic (exact) mass is 220 g/mol. The van der Waals surface area contributed by atoms with Crippen LogP contribution < -0.4 is 10.2 Å². The number of anilines is 1. The molecule has 90 valence electrons. The normalized spacial score (nSPS) is 12.5. The van der Waals surface area contributed by atoms with Gasteiger partial charge in [0, 0.05) is 24.8 Å². The smallest absolute Gasteiger partial charge is 0.0398 e. The molecule has 1 aromatic rings. The third-order valence-electron chi connectivity index (χ3n) is 2.99. The zero-order valence-corrected chi connectivity index (χ0v) is 11.0. The van der Waals surface area contributed by atoms with Gasteiger partial charge in [-0.15, -0.1) is 0 Å². The summed E-state index contributed by atoms with van der Waals surface area (Å²) in [6.45, 7) is 12.0. The molecule has 0 aliphatic carbocycles. The number of hydrogen-bond acceptors (Lipinski definition) is 2. The Labute approximate surface area is 99.7 Å². The Balaban J connectivity index is 2.77. The van der Waals surface area contributed by atoms with Crippen LogP contribution in [0.4, 0.5) is 5.69 Å². The molecule has 0 radical (unpaired) electrons. The number of hydrogen-bond donors (Lipinski definition) is 1. The third-order valence-corrected chi connectivity index (χ3v) is 2.99. The Morgan fingerprint density at radius 3 is 2.50 bits per heavy atom. The van der Waals surface area contributed by atoms with E-state index in [0.29, 0.717) is 6.04 Å². The fourth-order valence-electron chi connectivity index (χ4n) is 2.07. The second kappa shape index (κ2) is 6.54. The van der Waals surface area contributed by atoms with E-state index in [0.717, 1.165) is 19.6 Å². The summed E-state index contributed by atoms with van der Waals surface area (Å²) < 4.78 is 0. The van der Waals surface area contributed by atoms with E-state index in [-0.39, 0.29) is 0 Å². The highest BCUT2D eigenvalue weighted by atomic mass is 15.2. The Hall–Kier alpha value is -1.02. The topological polar surface area (TPSA) is 15.3 Å². The Morgan fingerprint density at radius 2 is 1.94 bits per heavy atom. The summed E-state index contributed by atoms with van der Waals surface area (Å²) in [6.07, 6.45) is 0. The minimum absolute atomic E-state index is 0.533. The highest BCUT2D eigenvalue weighted by molar-refractivity contribution is 5.53. The number of nitrogens with one attached hydrogen (secondary N) is 1. The van der Waals surface area contributed by atoms with Crippen molar-refractivity contribution in [3.8, 4) is 0 Å². The number of aryl methyl sites for hydroxylation is 1. The largest absolute Gasteiger partial charge is 0.368 e. The van der Waals surface area contributed by atoms with Crippen molar-refractivity contribution in [3.63, 3.8) is 0 Å². The van der Waals surface area contributed by atoms with Gasteiger partial charge in [-0.05, 0) is 38.9 Å².